The highest BCUT2D eigenvalue weighted by Crippen LogP contribution is 2.36. The van der Waals surface area contributed by atoms with Crippen molar-refractivity contribution in [3.8, 4) is 0 Å². The van der Waals surface area contributed by atoms with Gasteiger partial charge in [-0.05, 0) is 51.4 Å². The predicted octanol–water partition coefficient (Wildman–Crippen LogP) is 6.07. The van der Waals surface area contributed by atoms with E-state index in [0.717, 1.165) is 29.4 Å². The van der Waals surface area contributed by atoms with E-state index < -0.39 is 5.60 Å². The third kappa shape index (κ3) is 7.70. The number of aromatic nitrogens is 1. The van der Waals surface area contributed by atoms with Gasteiger partial charge >= 0.3 is 5.97 Å². The first-order chi connectivity index (χ1) is 15.4. The Labute approximate surface area is 200 Å². The summed E-state index contributed by atoms with van der Waals surface area (Å²) in [6.07, 6.45) is 14.6. The molecule has 3 atom stereocenters. The quantitative estimate of drug-likeness (QED) is 0.236. The number of hydrogen-bond acceptors (Lipinski definition) is 7. The van der Waals surface area contributed by atoms with Gasteiger partial charge in [0.2, 0.25) is 0 Å². The van der Waals surface area contributed by atoms with Crippen LogP contribution in [0.2, 0.25) is 0 Å². The van der Waals surface area contributed by atoms with Crippen molar-refractivity contribution in [2.24, 2.45) is 17.8 Å². The number of ketones is 1. The Kier molecular flexibility index (Phi) is 9.80. The van der Waals surface area contributed by atoms with Crippen molar-refractivity contribution >= 4 is 34.9 Å². The van der Waals surface area contributed by atoms with Crippen molar-refractivity contribution in [3.63, 3.8) is 0 Å². The SMILES string of the molecule is CCOC(=O)c1csc(SCC[C@H]2C(=O)CC[C@@H]2C=CCC(C)(O)CC2CCCCC2)n1. The van der Waals surface area contributed by atoms with E-state index in [0.29, 0.717) is 36.8 Å². The fourth-order valence-electron chi connectivity index (χ4n) is 5.03. The number of esters is 1. The topological polar surface area (TPSA) is 76.5 Å². The van der Waals surface area contributed by atoms with E-state index in [1.165, 1.54) is 43.4 Å². The Morgan fingerprint density at radius 2 is 2.12 bits per heavy atom. The van der Waals surface area contributed by atoms with E-state index in [4.69, 9.17) is 4.74 Å². The zero-order valence-electron chi connectivity index (χ0n) is 19.4. The summed E-state index contributed by atoms with van der Waals surface area (Å²) in [5.41, 5.74) is -0.300. The van der Waals surface area contributed by atoms with Crippen LogP contribution in [-0.2, 0) is 9.53 Å². The van der Waals surface area contributed by atoms with Crippen LogP contribution < -0.4 is 0 Å². The molecule has 5 nitrogen and oxygen atoms in total. The lowest BCUT2D eigenvalue weighted by molar-refractivity contribution is -0.121. The van der Waals surface area contributed by atoms with Crippen molar-refractivity contribution in [2.45, 2.75) is 88.0 Å². The first-order valence-electron chi connectivity index (χ1n) is 12.0. The second-order valence-electron chi connectivity index (χ2n) is 9.47. The number of aliphatic hydroxyl groups is 1. The number of thiazole rings is 1. The first kappa shape index (κ1) is 25.4. The number of thioether (sulfide) groups is 1. The highest BCUT2D eigenvalue weighted by Gasteiger charge is 2.33. The zero-order valence-corrected chi connectivity index (χ0v) is 21.0. The summed E-state index contributed by atoms with van der Waals surface area (Å²) in [4.78, 5) is 28.5. The number of hydrogen-bond donors (Lipinski definition) is 1. The number of allylic oxidation sites excluding steroid dienone is 1. The van der Waals surface area contributed by atoms with Crippen molar-refractivity contribution < 1.29 is 19.4 Å². The number of nitrogens with zero attached hydrogens (tertiary/aromatic N) is 1. The van der Waals surface area contributed by atoms with Gasteiger partial charge in [-0.1, -0.05) is 56.0 Å². The molecule has 32 heavy (non-hydrogen) atoms. The van der Waals surface area contributed by atoms with Crippen molar-refractivity contribution in [3.05, 3.63) is 23.2 Å². The van der Waals surface area contributed by atoms with Crippen LogP contribution in [0.25, 0.3) is 0 Å². The molecule has 1 N–H and O–H groups in total. The van der Waals surface area contributed by atoms with Crippen molar-refractivity contribution in [1.29, 1.82) is 0 Å². The molecule has 0 bridgehead atoms. The molecule has 0 aliphatic heterocycles. The number of carbonyl (C=O) groups is 2. The molecule has 1 aromatic heterocycles. The van der Waals surface area contributed by atoms with E-state index in [1.54, 1.807) is 24.1 Å². The van der Waals surface area contributed by atoms with Crippen LogP contribution in [0.5, 0.6) is 0 Å². The molecule has 0 aromatic carbocycles. The average molecular weight is 480 g/mol. The molecule has 2 aliphatic carbocycles. The van der Waals surface area contributed by atoms with Crippen LogP contribution in [-0.4, -0.2) is 39.8 Å². The zero-order chi connectivity index (χ0) is 23.0. The maximum atomic E-state index is 12.4. The summed E-state index contributed by atoms with van der Waals surface area (Å²) in [5, 5.41) is 12.6. The summed E-state index contributed by atoms with van der Waals surface area (Å²) < 4.78 is 5.82. The molecule has 1 heterocycles. The lowest BCUT2D eigenvalue weighted by Crippen LogP contribution is -2.28. The predicted molar refractivity (Wildman–Crippen MR) is 130 cm³/mol. The summed E-state index contributed by atoms with van der Waals surface area (Å²) >= 11 is 3.04. The molecule has 178 valence electrons. The minimum atomic E-state index is -0.659. The van der Waals surface area contributed by atoms with Crippen molar-refractivity contribution in [2.75, 3.05) is 12.4 Å². The average Bonchev–Trinajstić information content (AvgIpc) is 3.36. The summed E-state index contributed by atoms with van der Waals surface area (Å²) in [5.74, 6) is 1.73. The van der Waals surface area contributed by atoms with Crippen LogP contribution in [0.4, 0.5) is 0 Å². The molecule has 0 radical (unpaired) electrons. The molecule has 2 saturated carbocycles. The van der Waals surface area contributed by atoms with Crippen molar-refractivity contribution in [1.82, 2.24) is 4.98 Å². The second-order valence-corrected chi connectivity index (χ2v) is 11.7. The molecule has 0 spiro atoms. The van der Waals surface area contributed by atoms with Gasteiger partial charge in [0.05, 0.1) is 12.2 Å². The molecular weight excluding hydrogens is 442 g/mol. The molecule has 0 amide bonds. The van der Waals surface area contributed by atoms with E-state index in [9.17, 15) is 14.7 Å². The van der Waals surface area contributed by atoms with Crippen LogP contribution in [0.3, 0.4) is 0 Å². The standard InChI is InChI=1S/C25H37NO4S2/c1-3-30-23(28)21-17-32-24(26-21)31-15-13-20-19(11-12-22(20)27)10-7-14-25(2,29)16-18-8-5-4-6-9-18/h7,10,17-20,29H,3-6,8-9,11-16H2,1-2H3/t19-,20+,25?/m0/s1. The maximum Gasteiger partial charge on any atom is 0.357 e. The largest absolute Gasteiger partial charge is 0.461 e. The fourth-order valence-corrected chi connectivity index (χ4v) is 6.92. The number of rotatable bonds is 11. The summed E-state index contributed by atoms with van der Waals surface area (Å²) in [6.45, 7) is 4.08. The Balaban J connectivity index is 1.44. The van der Waals surface area contributed by atoms with Crippen LogP contribution in [0.1, 0.15) is 88.5 Å². The number of Topliss-reactive ketones (excluding diaryl/α,β-unsaturated/α-hetero) is 1. The minimum Gasteiger partial charge on any atom is -0.461 e. The summed E-state index contributed by atoms with van der Waals surface area (Å²) in [7, 11) is 0. The lowest BCUT2D eigenvalue weighted by atomic mass is 9.80. The number of ether oxygens (including phenoxy) is 1. The molecular formula is C25H37NO4S2. The first-order valence-corrected chi connectivity index (χ1v) is 13.9. The Morgan fingerprint density at radius 3 is 2.88 bits per heavy atom. The normalized spacial score (nSPS) is 24.2. The Morgan fingerprint density at radius 1 is 1.34 bits per heavy atom. The third-order valence-electron chi connectivity index (χ3n) is 6.67. The van der Waals surface area contributed by atoms with Gasteiger partial charge in [0.25, 0.3) is 0 Å². The van der Waals surface area contributed by atoms with Gasteiger partial charge in [-0.15, -0.1) is 11.3 Å². The third-order valence-corrected chi connectivity index (χ3v) is 8.72. The van der Waals surface area contributed by atoms with Gasteiger partial charge in [-0.2, -0.15) is 0 Å². The van der Waals surface area contributed by atoms with Gasteiger partial charge in [0.1, 0.15) is 5.78 Å². The number of carbonyl (C=O) groups excluding carboxylic acids is 2. The van der Waals surface area contributed by atoms with Gasteiger partial charge in [0, 0.05) is 23.5 Å². The fraction of sp³-hybridized carbons (Fsp3) is 0.720. The van der Waals surface area contributed by atoms with Crippen LogP contribution >= 0.6 is 23.1 Å². The lowest BCUT2D eigenvalue weighted by Gasteiger charge is -2.30. The van der Waals surface area contributed by atoms with Crippen LogP contribution in [0, 0.1) is 17.8 Å². The summed E-state index contributed by atoms with van der Waals surface area (Å²) in [6, 6.07) is 0. The highest BCUT2D eigenvalue weighted by atomic mass is 32.2. The van der Waals surface area contributed by atoms with E-state index in [2.05, 4.69) is 17.1 Å². The van der Waals surface area contributed by atoms with E-state index >= 15 is 0 Å². The van der Waals surface area contributed by atoms with E-state index in [1.807, 2.05) is 6.92 Å². The Bertz CT molecular complexity index is 783. The molecule has 2 aliphatic rings. The van der Waals surface area contributed by atoms with Gasteiger partial charge in [-0.25, -0.2) is 9.78 Å². The van der Waals surface area contributed by atoms with Gasteiger partial charge < -0.3 is 9.84 Å². The molecule has 2 fully saturated rings. The monoisotopic (exact) mass is 479 g/mol. The molecule has 7 heteroatoms. The maximum absolute atomic E-state index is 12.4. The van der Waals surface area contributed by atoms with Gasteiger partial charge in [-0.3, -0.25) is 4.79 Å². The molecule has 0 saturated heterocycles. The smallest absolute Gasteiger partial charge is 0.357 e. The Hall–Kier alpha value is -1.18. The highest BCUT2D eigenvalue weighted by molar-refractivity contribution is 8.01. The second kappa shape index (κ2) is 12.3. The molecule has 1 unspecified atom stereocenters. The minimum absolute atomic E-state index is 0.0477. The molecule has 3 rings (SSSR count). The van der Waals surface area contributed by atoms with Gasteiger partial charge in [0.15, 0.2) is 10.0 Å². The van der Waals surface area contributed by atoms with E-state index in [-0.39, 0.29) is 17.8 Å². The van der Waals surface area contributed by atoms with Crippen LogP contribution in [0.15, 0.2) is 21.9 Å². The molecule has 1 aromatic rings.